The van der Waals surface area contributed by atoms with Crippen molar-refractivity contribution in [3.8, 4) is 0 Å². The second kappa shape index (κ2) is 17.9. The molecular formula is C45H59F9N2O2. The molecule has 1 heterocycles. The van der Waals surface area contributed by atoms with Gasteiger partial charge in [0.05, 0.1) is 17.8 Å². The highest BCUT2D eigenvalue weighted by Crippen LogP contribution is 2.61. The summed E-state index contributed by atoms with van der Waals surface area (Å²) in [6, 6.07) is 17.7. The van der Waals surface area contributed by atoms with Gasteiger partial charge in [-0.15, -0.1) is 6.58 Å². The molecule has 2 N–H and O–H groups in total. The SMILES string of the molecule is C=CCCCCC[C@H](CCCC(F)(F)C(F)(F)C(F)(F)C(F)(F)F)C(=O)N1C(c2ccccc2)CNC1(C)C.C[C@]12CC[C@@H]3c4ccccc4CC[C@H]3[C@@H]1CC[C@@H]2O. The molecular weight excluding hydrogens is 771 g/mol. The molecule has 3 aliphatic carbocycles. The van der Waals surface area contributed by atoms with Crippen molar-refractivity contribution < 1.29 is 49.4 Å². The van der Waals surface area contributed by atoms with Gasteiger partial charge in [-0.25, -0.2) is 0 Å². The molecule has 1 amide bonds. The van der Waals surface area contributed by atoms with Crippen molar-refractivity contribution >= 4 is 5.91 Å². The van der Waals surface area contributed by atoms with Crippen molar-refractivity contribution in [3.63, 3.8) is 0 Å². The maximum Gasteiger partial charge on any atom is 0.460 e. The van der Waals surface area contributed by atoms with Gasteiger partial charge in [0, 0.05) is 18.9 Å². The van der Waals surface area contributed by atoms with Crippen LogP contribution < -0.4 is 5.32 Å². The van der Waals surface area contributed by atoms with Crippen LogP contribution in [0, 0.1) is 23.2 Å². The third-order valence-electron chi connectivity index (χ3n) is 13.7. The van der Waals surface area contributed by atoms with E-state index in [1.807, 2.05) is 12.1 Å². The minimum Gasteiger partial charge on any atom is -0.393 e. The number of carbonyl (C=O) groups is 1. The zero-order valence-electron chi connectivity index (χ0n) is 33.8. The number of alkyl halides is 9. The molecule has 2 saturated carbocycles. The first-order valence-electron chi connectivity index (χ1n) is 20.8. The van der Waals surface area contributed by atoms with Gasteiger partial charge in [0.25, 0.3) is 0 Å². The summed E-state index contributed by atoms with van der Waals surface area (Å²) in [5, 5.41) is 13.6. The van der Waals surface area contributed by atoms with E-state index >= 15 is 0 Å². The smallest absolute Gasteiger partial charge is 0.393 e. The average molecular weight is 831 g/mol. The van der Waals surface area contributed by atoms with Crippen molar-refractivity contribution in [1.29, 1.82) is 0 Å². The van der Waals surface area contributed by atoms with Crippen molar-refractivity contribution in [1.82, 2.24) is 10.2 Å². The zero-order valence-corrected chi connectivity index (χ0v) is 33.8. The first kappa shape index (κ1) is 46.0. The van der Waals surface area contributed by atoms with Crippen LogP contribution in [0.5, 0.6) is 0 Å². The number of carbonyl (C=O) groups excluding carboxylic acids is 1. The Labute approximate surface area is 337 Å². The second-order valence-corrected chi connectivity index (χ2v) is 17.7. The van der Waals surface area contributed by atoms with E-state index in [1.165, 1.54) is 32.1 Å². The summed E-state index contributed by atoms with van der Waals surface area (Å²) in [4.78, 5) is 15.3. The molecule has 1 saturated heterocycles. The van der Waals surface area contributed by atoms with Gasteiger partial charge in [0.1, 0.15) is 0 Å². The van der Waals surface area contributed by atoms with E-state index in [1.54, 1.807) is 54.1 Å². The van der Waals surface area contributed by atoms with Crippen LogP contribution in [0.2, 0.25) is 0 Å². The number of nitrogens with one attached hydrogen (secondary N) is 1. The molecule has 6 rings (SSSR count). The average Bonchev–Trinajstić information content (AvgIpc) is 3.67. The topological polar surface area (TPSA) is 52.6 Å². The Morgan fingerprint density at radius 2 is 1.52 bits per heavy atom. The van der Waals surface area contributed by atoms with Gasteiger partial charge < -0.3 is 10.0 Å². The summed E-state index contributed by atoms with van der Waals surface area (Å²) in [6.07, 6.45) is 1.88. The number of amides is 1. The van der Waals surface area contributed by atoms with Crippen molar-refractivity contribution in [2.75, 3.05) is 6.54 Å². The molecule has 2 aromatic rings. The van der Waals surface area contributed by atoms with Gasteiger partial charge >= 0.3 is 23.9 Å². The summed E-state index contributed by atoms with van der Waals surface area (Å²) < 4.78 is 120. The monoisotopic (exact) mass is 830 g/mol. The van der Waals surface area contributed by atoms with Crippen LogP contribution in [-0.4, -0.2) is 58.2 Å². The fraction of sp³-hybridized carbons (Fsp3) is 0.667. The van der Waals surface area contributed by atoms with Crippen molar-refractivity contribution in [2.45, 2.75) is 158 Å². The molecule has 7 atom stereocenters. The number of benzene rings is 2. The number of fused-ring (bicyclic) bond motifs is 5. The highest BCUT2D eigenvalue weighted by molar-refractivity contribution is 5.80. The van der Waals surface area contributed by atoms with Crippen LogP contribution in [0.15, 0.2) is 67.3 Å². The third-order valence-corrected chi connectivity index (χ3v) is 13.7. The molecule has 0 bridgehead atoms. The maximum atomic E-state index is 14.1. The number of nitrogens with zero attached hydrogens (tertiary/aromatic N) is 1. The van der Waals surface area contributed by atoms with Crippen LogP contribution in [0.3, 0.4) is 0 Å². The molecule has 4 aliphatic rings. The summed E-state index contributed by atoms with van der Waals surface area (Å²) in [6.45, 7) is 9.87. The summed E-state index contributed by atoms with van der Waals surface area (Å²) in [5.41, 5.74) is 3.40. The minimum absolute atomic E-state index is 0.0457. The van der Waals surface area contributed by atoms with E-state index in [4.69, 9.17) is 0 Å². The van der Waals surface area contributed by atoms with E-state index in [0.717, 1.165) is 36.2 Å². The van der Waals surface area contributed by atoms with Gasteiger partial charge in [-0.05, 0) is 124 Å². The molecule has 1 aliphatic heterocycles. The molecule has 58 heavy (non-hydrogen) atoms. The zero-order chi connectivity index (χ0) is 42.7. The number of hydrogen-bond acceptors (Lipinski definition) is 3. The van der Waals surface area contributed by atoms with Gasteiger partial charge in [-0.1, -0.05) is 80.4 Å². The van der Waals surface area contributed by atoms with Crippen molar-refractivity contribution in [2.24, 2.45) is 23.2 Å². The first-order valence-corrected chi connectivity index (χ1v) is 20.8. The van der Waals surface area contributed by atoms with Gasteiger partial charge in [0.2, 0.25) is 5.91 Å². The summed E-state index contributed by atoms with van der Waals surface area (Å²) in [7, 11) is 0. The normalized spacial score (nSPS) is 27.5. The lowest BCUT2D eigenvalue weighted by Gasteiger charge is -2.50. The summed E-state index contributed by atoms with van der Waals surface area (Å²) >= 11 is 0. The third kappa shape index (κ3) is 9.15. The predicted molar refractivity (Wildman–Crippen MR) is 207 cm³/mol. The number of hydrogen-bond donors (Lipinski definition) is 2. The Hall–Kier alpha value is -3.06. The first-order chi connectivity index (χ1) is 27.1. The maximum absolute atomic E-state index is 14.1. The minimum atomic E-state index is -6.92. The van der Waals surface area contributed by atoms with E-state index in [2.05, 4.69) is 43.1 Å². The van der Waals surface area contributed by atoms with Crippen LogP contribution in [-0.2, 0) is 11.2 Å². The highest BCUT2D eigenvalue weighted by Gasteiger charge is 2.81. The fourth-order valence-corrected chi connectivity index (χ4v) is 10.4. The quantitative estimate of drug-likeness (QED) is 0.113. The van der Waals surface area contributed by atoms with E-state index in [-0.39, 0.29) is 24.4 Å². The Morgan fingerprint density at radius 1 is 0.862 bits per heavy atom. The molecule has 0 aromatic heterocycles. The largest absolute Gasteiger partial charge is 0.460 e. The molecule has 3 fully saturated rings. The van der Waals surface area contributed by atoms with E-state index in [9.17, 15) is 49.4 Å². The molecule has 0 spiro atoms. The molecule has 1 unspecified atom stereocenters. The molecule has 324 valence electrons. The van der Waals surface area contributed by atoms with Gasteiger partial charge in [-0.3, -0.25) is 10.1 Å². The summed E-state index contributed by atoms with van der Waals surface area (Å²) in [5.74, 6) is -18.2. The Bertz CT molecular complexity index is 1680. The highest BCUT2D eigenvalue weighted by atomic mass is 19.4. The fourth-order valence-electron chi connectivity index (χ4n) is 10.4. The Kier molecular flexibility index (Phi) is 14.2. The van der Waals surface area contributed by atoms with Gasteiger partial charge in [-0.2, -0.15) is 39.5 Å². The van der Waals surface area contributed by atoms with E-state index < -0.39 is 60.3 Å². The number of unbranched alkanes of at least 4 members (excludes halogenated alkanes) is 3. The molecule has 2 aromatic carbocycles. The van der Waals surface area contributed by atoms with Crippen LogP contribution >= 0.6 is 0 Å². The lowest BCUT2D eigenvalue weighted by Crippen LogP contribution is -2.60. The Morgan fingerprint density at radius 3 is 2.19 bits per heavy atom. The molecule has 0 radical (unpaired) electrons. The second-order valence-electron chi connectivity index (χ2n) is 17.7. The number of allylic oxidation sites excluding steroid dienone is 1. The number of aliphatic hydroxyl groups is 1. The molecule has 13 heteroatoms. The number of halogens is 9. The van der Waals surface area contributed by atoms with Crippen LogP contribution in [0.1, 0.15) is 133 Å². The lowest BCUT2D eigenvalue weighted by molar-refractivity contribution is -0.396. The van der Waals surface area contributed by atoms with E-state index in [0.29, 0.717) is 25.8 Å². The van der Waals surface area contributed by atoms with Gasteiger partial charge in [0.15, 0.2) is 0 Å². The predicted octanol–water partition coefficient (Wildman–Crippen LogP) is 12.2. The lowest BCUT2D eigenvalue weighted by atomic mass is 9.55. The number of aliphatic hydroxyl groups excluding tert-OH is 1. The molecule has 4 nitrogen and oxygen atoms in total. The van der Waals surface area contributed by atoms with Crippen LogP contribution in [0.4, 0.5) is 39.5 Å². The Balaban J connectivity index is 0.000000276. The number of aryl methyl sites for hydroxylation is 1. The number of rotatable bonds is 14. The van der Waals surface area contributed by atoms with Crippen LogP contribution in [0.25, 0.3) is 0 Å². The standard InChI is InChI=1S/C27H35F9N2O.C18H24O/c1-4-5-6-7-9-15-20(16-12-17-24(28,29)25(30,31)26(32,33)27(34,35)36)22(39)38-21(18-37-23(38,2)3)19-13-10-8-11-14-19;1-18-11-10-14-13-5-3-2-4-12(13)6-7-15(14)16(18)8-9-17(18)19/h4,8,10-11,13-14,20-21,37H,1,5-7,9,12,15-18H2,2-3H3;2-5,14-17,19H,6-11H2,1H3/t20-,21?;14-,15-,16+,17+,18+/m11/s1. The van der Waals surface area contributed by atoms with Crippen molar-refractivity contribution in [3.05, 3.63) is 83.9 Å².